The summed E-state index contributed by atoms with van der Waals surface area (Å²) in [7, 11) is 0. The topological polar surface area (TPSA) is 67.4 Å². The monoisotopic (exact) mass is 334 g/mol. The van der Waals surface area contributed by atoms with Crippen LogP contribution in [0.25, 0.3) is 0 Å². The van der Waals surface area contributed by atoms with Gasteiger partial charge in [-0.3, -0.25) is 4.79 Å². The molecule has 0 spiro atoms. The number of carbonyl (C=O) groups is 1. The van der Waals surface area contributed by atoms with Gasteiger partial charge >= 0.3 is 0 Å². The summed E-state index contributed by atoms with van der Waals surface area (Å²) >= 11 is 0. The van der Waals surface area contributed by atoms with Gasteiger partial charge in [0.2, 0.25) is 5.91 Å². The summed E-state index contributed by atoms with van der Waals surface area (Å²) < 4.78 is 5.76. The fourth-order valence-corrected chi connectivity index (χ4v) is 2.70. The predicted molar refractivity (Wildman–Crippen MR) is 95.2 cm³/mol. The van der Waals surface area contributed by atoms with Crippen molar-refractivity contribution >= 4 is 11.7 Å². The molecule has 1 aliphatic heterocycles. The van der Waals surface area contributed by atoms with Crippen LogP contribution in [0.2, 0.25) is 0 Å². The van der Waals surface area contributed by atoms with Crippen LogP contribution >= 0.6 is 0 Å². The molecule has 1 N–H and O–H groups in total. The second-order valence-electron chi connectivity index (χ2n) is 7.15. The number of carbonyl (C=O) groups excluding carboxylic acids is 1. The number of rotatable bonds is 6. The van der Waals surface area contributed by atoms with Gasteiger partial charge in [-0.1, -0.05) is 13.8 Å². The molecule has 1 fully saturated rings. The van der Waals surface area contributed by atoms with Crippen LogP contribution < -0.4 is 15.0 Å². The molecule has 134 valence electrons. The molecule has 2 rings (SSSR count). The van der Waals surface area contributed by atoms with Gasteiger partial charge in [0.1, 0.15) is 0 Å². The highest BCUT2D eigenvalue weighted by atomic mass is 16.5. The highest BCUT2D eigenvalue weighted by Gasteiger charge is 2.28. The number of aromatic nitrogens is 2. The van der Waals surface area contributed by atoms with Crippen molar-refractivity contribution in [1.29, 1.82) is 0 Å². The predicted octanol–water partition coefficient (Wildman–Crippen LogP) is 2.64. The SMILES string of the molecule is CC(C)Oc1nccnc1N1CCC(C(=O)NC(C)C(C)C)CC1. The smallest absolute Gasteiger partial charge is 0.257 e. The fraction of sp³-hybridized carbons (Fsp3) is 0.722. The lowest BCUT2D eigenvalue weighted by molar-refractivity contribution is -0.126. The van der Waals surface area contributed by atoms with E-state index in [1.165, 1.54) is 0 Å². The van der Waals surface area contributed by atoms with Crippen molar-refractivity contribution < 1.29 is 9.53 Å². The summed E-state index contributed by atoms with van der Waals surface area (Å²) in [6, 6.07) is 0.210. The molecule has 1 aromatic heterocycles. The molecule has 6 heteroatoms. The van der Waals surface area contributed by atoms with Crippen LogP contribution in [0.5, 0.6) is 5.88 Å². The lowest BCUT2D eigenvalue weighted by atomic mass is 9.95. The minimum absolute atomic E-state index is 0.0567. The average Bonchev–Trinajstić information content (AvgIpc) is 2.55. The van der Waals surface area contributed by atoms with E-state index in [4.69, 9.17) is 4.74 Å². The Morgan fingerprint density at radius 3 is 2.38 bits per heavy atom. The minimum Gasteiger partial charge on any atom is -0.472 e. The van der Waals surface area contributed by atoms with E-state index < -0.39 is 0 Å². The van der Waals surface area contributed by atoms with Crippen LogP contribution in [-0.4, -0.2) is 41.1 Å². The number of nitrogens with one attached hydrogen (secondary N) is 1. The van der Waals surface area contributed by atoms with E-state index in [0.29, 0.717) is 11.8 Å². The maximum atomic E-state index is 12.4. The van der Waals surface area contributed by atoms with Crippen LogP contribution in [0.15, 0.2) is 12.4 Å². The van der Waals surface area contributed by atoms with Crippen LogP contribution in [0.1, 0.15) is 47.5 Å². The Kier molecular flexibility index (Phi) is 6.40. The van der Waals surface area contributed by atoms with E-state index >= 15 is 0 Å². The molecule has 6 nitrogen and oxygen atoms in total. The standard InChI is InChI=1S/C18H30N4O2/c1-12(2)14(5)21-17(23)15-6-10-22(11-7-15)16-18(24-13(3)4)20-9-8-19-16/h8-9,12-15H,6-7,10-11H2,1-5H3,(H,21,23). The summed E-state index contributed by atoms with van der Waals surface area (Å²) in [6.45, 7) is 11.8. The van der Waals surface area contributed by atoms with Gasteiger partial charge in [-0.15, -0.1) is 0 Å². The van der Waals surface area contributed by atoms with Gasteiger partial charge in [0.25, 0.3) is 5.88 Å². The third-order valence-electron chi connectivity index (χ3n) is 4.53. The number of ether oxygens (including phenoxy) is 1. The molecule has 0 aromatic carbocycles. The van der Waals surface area contributed by atoms with Crippen LogP contribution in [0.4, 0.5) is 5.82 Å². The molecule has 0 bridgehead atoms. The Bertz CT molecular complexity index is 540. The first-order chi connectivity index (χ1) is 11.4. The molecular formula is C18H30N4O2. The zero-order chi connectivity index (χ0) is 17.7. The molecule has 1 saturated heterocycles. The summed E-state index contributed by atoms with van der Waals surface area (Å²) in [5.74, 6) is 2.05. The summed E-state index contributed by atoms with van der Waals surface area (Å²) in [4.78, 5) is 23.3. The van der Waals surface area contributed by atoms with Crippen LogP contribution in [0, 0.1) is 11.8 Å². The molecule has 1 amide bonds. The zero-order valence-corrected chi connectivity index (χ0v) is 15.5. The Morgan fingerprint density at radius 1 is 1.17 bits per heavy atom. The molecular weight excluding hydrogens is 304 g/mol. The molecule has 1 aromatic rings. The average molecular weight is 334 g/mol. The van der Waals surface area contributed by atoms with E-state index in [2.05, 4.69) is 41.0 Å². The highest BCUT2D eigenvalue weighted by Crippen LogP contribution is 2.28. The molecule has 0 aliphatic carbocycles. The fourth-order valence-electron chi connectivity index (χ4n) is 2.70. The van der Waals surface area contributed by atoms with E-state index in [1.54, 1.807) is 12.4 Å². The van der Waals surface area contributed by atoms with Gasteiger partial charge in [-0.2, -0.15) is 0 Å². The second kappa shape index (κ2) is 8.31. The highest BCUT2D eigenvalue weighted by molar-refractivity contribution is 5.79. The Labute approximate surface area is 145 Å². The maximum Gasteiger partial charge on any atom is 0.257 e. The first-order valence-electron chi connectivity index (χ1n) is 8.91. The molecule has 1 aliphatic rings. The van der Waals surface area contributed by atoms with Crippen molar-refractivity contribution in [2.45, 2.75) is 59.6 Å². The Morgan fingerprint density at radius 2 is 1.79 bits per heavy atom. The van der Waals surface area contributed by atoms with Gasteiger partial charge in [0.05, 0.1) is 6.10 Å². The number of amides is 1. The third-order valence-corrected chi connectivity index (χ3v) is 4.53. The molecule has 24 heavy (non-hydrogen) atoms. The van der Waals surface area contributed by atoms with E-state index in [0.717, 1.165) is 31.7 Å². The van der Waals surface area contributed by atoms with Gasteiger partial charge < -0.3 is 15.0 Å². The molecule has 1 atom stereocenters. The Hall–Kier alpha value is -1.85. The number of nitrogens with zero attached hydrogens (tertiary/aromatic N) is 3. The first-order valence-corrected chi connectivity index (χ1v) is 8.91. The lowest BCUT2D eigenvalue weighted by Crippen LogP contribution is -2.44. The lowest BCUT2D eigenvalue weighted by Gasteiger charge is -2.33. The van der Waals surface area contributed by atoms with Crippen molar-refractivity contribution in [2.75, 3.05) is 18.0 Å². The normalized spacial score (nSPS) is 17.2. The summed E-state index contributed by atoms with van der Waals surface area (Å²) in [5, 5.41) is 3.13. The maximum absolute atomic E-state index is 12.4. The summed E-state index contributed by atoms with van der Waals surface area (Å²) in [6.07, 6.45) is 5.05. The van der Waals surface area contributed by atoms with Gasteiger partial charge in [0.15, 0.2) is 5.82 Å². The summed E-state index contributed by atoms with van der Waals surface area (Å²) in [5.41, 5.74) is 0. The van der Waals surface area contributed by atoms with Gasteiger partial charge in [0, 0.05) is 37.4 Å². The van der Waals surface area contributed by atoms with E-state index in [9.17, 15) is 4.79 Å². The van der Waals surface area contributed by atoms with Crippen molar-refractivity contribution in [3.05, 3.63) is 12.4 Å². The number of piperidine rings is 1. The first kappa shape index (κ1) is 18.5. The minimum atomic E-state index is 0.0567. The van der Waals surface area contributed by atoms with Crippen LogP contribution in [0.3, 0.4) is 0 Å². The van der Waals surface area contributed by atoms with Gasteiger partial charge in [-0.05, 0) is 39.5 Å². The van der Waals surface area contributed by atoms with Crippen LogP contribution in [-0.2, 0) is 4.79 Å². The van der Waals surface area contributed by atoms with Crippen molar-refractivity contribution in [3.63, 3.8) is 0 Å². The number of hydrogen-bond acceptors (Lipinski definition) is 5. The zero-order valence-electron chi connectivity index (χ0n) is 15.5. The van der Waals surface area contributed by atoms with E-state index in [1.807, 2.05) is 13.8 Å². The quantitative estimate of drug-likeness (QED) is 0.866. The number of hydrogen-bond donors (Lipinski definition) is 1. The van der Waals surface area contributed by atoms with Crippen molar-refractivity contribution in [2.24, 2.45) is 11.8 Å². The Balaban J connectivity index is 1.94. The second-order valence-corrected chi connectivity index (χ2v) is 7.15. The van der Waals surface area contributed by atoms with Crippen molar-refractivity contribution in [1.82, 2.24) is 15.3 Å². The molecule has 1 unspecified atom stereocenters. The molecule has 0 radical (unpaired) electrons. The van der Waals surface area contributed by atoms with Crippen molar-refractivity contribution in [3.8, 4) is 5.88 Å². The largest absolute Gasteiger partial charge is 0.472 e. The third kappa shape index (κ3) is 4.82. The van der Waals surface area contributed by atoms with E-state index in [-0.39, 0.29) is 24.0 Å². The molecule has 2 heterocycles. The number of anilines is 1. The van der Waals surface area contributed by atoms with Gasteiger partial charge in [-0.25, -0.2) is 9.97 Å². The molecule has 0 saturated carbocycles.